The van der Waals surface area contributed by atoms with E-state index in [2.05, 4.69) is 12.2 Å². The molecule has 0 aromatic heterocycles. The van der Waals surface area contributed by atoms with Gasteiger partial charge in [0.2, 0.25) is 0 Å². The Hall–Kier alpha value is -0.810. The van der Waals surface area contributed by atoms with E-state index in [1.165, 1.54) is 0 Å². The Balaban J connectivity index is 1.94. The van der Waals surface area contributed by atoms with Gasteiger partial charge in [-0.15, -0.1) is 0 Å². The average molecular weight is 370 g/mol. The first-order valence-corrected chi connectivity index (χ1v) is 10.5. The Morgan fingerprint density at radius 2 is 1.85 bits per heavy atom. The fourth-order valence-electron chi connectivity index (χ4n) is 4.57. The molecule has 1 saturated heterocycles. The van der Waals surface area contributed by atoms with Crippen LogP contribution in [-0.4, -0.2) is 42.2 Å². The third-order valence-corrected chi connectivity index (χ3v) is 6.07. The molecule has 2 aliphatic rings. The highest BCUT2D eigenvalue weighted by atomic mass is 16.6. The summed E-state index contributed by atoms with van der Waals surface area (Å²) in [5.74, 6) is 0.357. The van der Waals surface area contributed by atoms with Crippen molar-refractivity contribution in [3.05, 3.63) is 0 Å². The zero-order valence-electron chi connectivity index (χ0n) is 17.2. The van der Waals surface area contributed by atoms with Gasteiger partial charge in [0.15, 0.2) is 0 Å². The summed E-state index contributed by atoms with van der Waals surface area (Å²) in [4.78, 5) is 12.0. The fourth-order valence-corrected chi connectivity index (χ4v) is 4.57. The van der Waals surface area contributed by atoms with Gasteiger partial charge >= 0.3 is 6.09 Å². The predicted molar refractivity (Wildman–Crippen MR) is 103 cm³/mol. The topological polar surface area (TPSA) is 67.8 Å². The number of hydrogen-bond donors (Lipinski definition) is 2. The average Bonchev–Trinajstić information content (AvgIpc) is 2.60. The second kappa shape index (κ2) is 9.41. The maximum atomic E-state index is 12.0. The van der Waals surface area contributed by atoms with Gasteiger partial charge in [-0.1, -0.05) is 19.8 Å². The SMILES string of the molecule is CCCCC1(C(O)C2CCOCC2)CCC(NC(=O)OC(C)(C)C)CC1. The van der Waals surface area contributed by atoms with Crippen LogP contribution < -0.4 is 5.32 Å². The normalized spacial score (nSPS) is 29.2. The largest absolute Gasteiger partial charge is 0.444 e. The van der Waals surface area contributed by atoms with Crippen molar-refractivity contribution in [2.75, 3.05) is 13.2 Å². The monoisotopic (exact) mass is 369 g/mol. The van der Waals surface area contributed by atoms with E-state index in [-0.39, 0.29) is 23.7 Å². The molecular weight excluding hydrogens is 330 g/mol. The molecule has 1 aliphatic heterocycles. The number of ether oxygens (including phenoxy) is 2. The van der Waals surface area contributed by atoms with Gasteiger partial charge in [0.25, 0.3) is 0 Å². The predicted octanol–water partition coefficient (Wildman–Crippen LogP) is 4.42. The summed E-state index contributed by atoms with van der Waals surface area (Å²) in [6.45, 7) is 9.40. The van der Waals surface area contributed by atoms with Crippen LogP contribution in [0.4, 0.5) is 4.79 Å². The molecule has 1 atom stereocenters. The summed E-state index contributed by atoms with van der Waals surface area (Å²) >= 11 is 0. The molecule has 0 aromatic carbocycles. The van der Waals surface area contributed by atoms with Crippen LogP contribution in [0.1, 0.15) is 85.5 Å². The quantitative estimate of drug-likeness (QED) is 0.727. The number of carbonyl (C=O) groups is 1. The molecule has 2 rings (SSSR count). The molecular formula is C21H39NO4. The Bertz CT molecular complexity index is 432. The third kappa shape index (κ3) is 6.12. The Labute approximate surface area is 159 Å². The van der Waals surface area contributed by atoms with Crippen LogP contribution in [0.2, 0.25) is 0 Å². The lowest BCUT2D eigenvalue weighted by molar-refractivity contribution is -0.0811. The number of nitrogens with one attached hydrogen (secondary N) is 1. The number of rotatable bonds is 6. The summed E-state index contributed by atoms with van der Waals surface area (Å²) in [6.07, 6.45) is 8.55. The fraction of sp³-hybridized carbons (Fsp3) is 0.952. The second-order valence-corrected chi connectivity index (χ2v) is 9.28. The van der Waals surface area contributed by atoms with Crippen molar-refractivity contribution >= 4 is 6.09 Å². The van der Waals surface area contributed by atoms with Crippen molar-refractivity contribution < 1.29 is 19.4 Å². The number of alkyl carbamates (subject to hydrolysis) is 1. The molecule has 5 heteroatoms. The Morgan fingerprint density at radius 1 is 1.23 bits per heavy atom. The zero-order valence-corrected chi connectivity index (χ0v) is 17.2. The minimum absolute atomic E-state index is 0.00410. The highest BCUT2D eigenvalue weighted by Gasteiger charge is 2.44. The number of aliphatic hydroxyl groups excluding tert-OH is 1. The molecule has 0 spiro atoms. The van der Waals surface area contributed by atoms with Gasteiger partial charge in [0, 0.05) is 19.3 Å². The van der Waals surface area contributed by atoms with Gasteiger partial charge in [0.1, 0.15) is 5.60 Å². The van der Waals surface area contributed by atoms with E-state index in [1.807, 2.05) is 20.8 Å². The number of hydrogen-bond acceptors (Lipinski definition) is 4. The van der Waals surface area contributed by atoms with Gasteiger partial charge in [-0.25, -0.2) is 4.79 Å². The van der Waals surface area contributed by atoms with E-state index in [0.717, 1.165) is 71.0 Å². The van der Waals surface area contributed by atoms with Crippen LogP contribution in [0.15, 0.2) is 0 Å². The summed E-state index contributed by atoms with van der Waals surface area (Å²) in [5.41, 5.74) is -0.465. The van der Waals surface area contributed by atoms with Gasteiger partial charge in [-0.05, 0) is 77.0 Å². The highest BCUT2D eigenvalue weighted by molar-refractivity contribution is 5.68. The van der Waals surface area contributed by atoms with Crippen molar-refractivity contribution in [2.24, 2.45) is 11.3 Å². The smallest absolute Gasteiger partial charge is 0.407 e. The van der Waals surface area contributed by atoms with Crippen LogP contribution in [0.5, 0.6) is 0 Å². The first-order valence-electron chi connectivity index (χ1n) is 10.5. The molecule has 2 N–H and O–H groups in total. The van der Waals surface area contributed by atoms with Crippen LogP contribution in [-0.2, 0) is 9.47 Å². The standard InChI is InChI=1S/C21H39NO4/c1-5-6-11-21(18(23)16-9-14-25-15-10-16)12-7-17(8-13-21)22-19(24)26-20(2,3)4/h16-18,23H,5-15H2,1-4H3,(H,22,24). The van der Waals surface area contributed by atoms with Gasteiger partial charge < -0.3 is 19.9 Å². The molecule has 1 saturated carbocycles. The van der Waals surface area contributed by atoms with Crippen molar-refractivity contribution in [3.8, 4) is 0 Å². The summed E-state index contributed by atoms with van der Waals surface area (Å²) in [5, 5.41) is 14.3. The molecule has 0 radical (unpaired) electrons. The van der Waals surface area contributed by atoms with Crippen molar-refractivity contribution in [2.45, 2.75) is 103 Å². The van der Waals surface area contributed by atoms with Crippen molar-refractivity contribution in [3.63, 3.8) is 0 Å². The van der Waals surface area contributed by atoms with Crippen molar-refractivity contribution in [1.82, 2.24) is 5.32 Å². The van der Waals surface area contributed by atoms with Gasteiger partial charge in [-0.3, -0.25) is 0 Å². The molecule has 5 nitrogen and oxygen atoms in total. The number of unbranched alkanes of at least 4 members (excludes halogenated alkanes) is 1. The summed E-state index contributed by atoms with van der Waals surface area (Å²) in [6, 6.07) is 0.154. The molecule has 152 valence electrons. The number of amides is 1. The second-order valence-electron chi connectivity index (χ2n) is 9.28. The molecule has 1 aliphatic carbocycles. The molecule has 1 heterocycles. The van der Waals surface area contributed by atoms with Crippen LogP contribution >= 0.6 is 0 Å². The van der Waals surface area contributed by atoms with Crippen LogP contribution in [0, 0.1) is 11.3 Å². The first-order chi connectivity index (χ1) is 12.3. The van der Waals surface area contributed by atoms with E-state index >= 15 is 0 Å². The van der Waals surface area contributed by atoms with Gasteiger partial charge in [0.05, 0.1) is 6.10 Å². The minimum Gasteiger partial charge on any atom is -0.444 e. The zero-order chi connectivity index (χ0) is 19.2. The maximum absolute atomic E-state index is 12.0. The maximum Gasteiger partial charge on any atom is 0.407 e. The van der Waals surface area contributed by atoms with E-state index in [4.69, 9.17) is 9.47 Å². The van der Waals surface area contributed by atoms with Crippen LogP contribution in [0.3, 0.4) is 0 Å². The van der Waals surface area contributed by atoms with E-state index < -0.39 is 5.60 Å². The molecule has 26 heavy (non-hydrogen) atoms. The van der Waals surface area contributed by atoms with Crippen molar-refractivity contribution in [1.29, 1.82) is 0 Å². The van der Waals surface area contributed by atoms with Crippen LogP contribution in [0.25, 0.3) is 0 Å². The van der Waals surface area contributed by atoms with E-state index in [0.29, 0.717) is 5.92 Å². The highest BCUT2D eigenvalue weighted by Crippen LogP contribution is 2.47. The number of carbonyl (C=O) groups excluding carboxylic acids is 1. The molecule has 0 bridgehead atoms. The molecule has 1 unspecified atom stereocenters. The van der Waals surface area contributed by atoms with Gasteiger partial charge in [-0.2, -0.15) is 0 Å². The Morgan fingerprint density at radius 3 is 2.38 bits per heavy atom. The van der Waals surface area contributed by atoms with E-state index in [1.54, 1.807) is 0 Å². The lowest BCUT2D eigenvalue weighted by Crippen LogP contribution is -2.48. The molecule has 1 amide bonds. The lowest BCUT2D eigenvalue weighted by atomic mass is 9.62. The lowest BCUT2D eigenvalue weighted by Gasteiger charge is -2.47. The summed E-state index contributed by atoms with van der Waals surface area (Å²) < 4.78 is 10.9. The number of aliphatic hydroxyl groups is 1. The molecule has 0 aromatic rings. The Kier molecular flexibility index (Phi) is 7.77. The minimum atomic E-state index is -0.469. The third-order valence-electron chi connectivity index (χ3n) is 6.07. The van der Waals surface area contributed by atoms with E-state index in [9.17, 15) is 9.90 Å². The first kappa shape index (κ1) is 21.5. The summed E-state index contributed by atoms with van der Waals surface area (Å²) in [7, 11) is 0. The molecule has 2 fully saturated rings.